The lowest BCUT2D eigenvalue weighted by atomic mass is 9.82. The molecule has 1 saturated carbocycles. The first-order chi connectivity index (χ1) is 19.2. The van der Waals surface area contributed by atoms with Crippen molar-refractivity contribution in [1.29, 1.82) is 0 Å². The maximum atomic E-state index is 13.2. The molecular weight excluding hydrogens is 506 g/mol. The summed E-state index contributed by atoms with van der Waals surface area (Å²) in [6.07, 6.45) is 21.1. The number of carbonyl (C=O) groups excluding carboxylic acids is 1. The van der Waals surface area contributed by atoms with Crippen LogP contribution >= 0.6 is 11.6 Å². The number of benzene rings is 1. The molecule has 0 bridgehead atoms. The van der Waals surface area contributed by atoms with Crippen molar-refractivity contribution < 1.29 is 9.53 Å². The molecule has 1 fully saturated rings. The van der Waals surface area contributed by atoms with Crippen LogP contribution in [0.1, 0.15) is 89.9 Å². The second-order valence-electron chi connectivity index (χ2n) is 11.3. The molecule has 0 saturated heterocycles. The normalized spacial score (nSPS) is 23.9. The van der Waals surface area contributed by atoms with Crippen LogP contribution in [0, 0.1) is 5.92 Å². The number of hydrogen-bond acceptors (Lipinski definition) is 4. The van der Waals surface area contributed by atoms with Crippen LogP contribution in [0.15, 0.2) is 68.8 Å². The van der Waals surface area contributed by atoms with E-state index in [0.29, 0.717) is 6.61 Å². The van der Waals surface area contributed by atoms with Crippen molar-refractivity contribution in [2.75, 3.05) is 13.2 Å². The zero-order chi connectivity index (χ0) is 26.9. The summed E-state index contributed by atoms with van der Waals surface area (Å²) in [4.78, 5) is 23.1. The Kier molecular flexibility index (Phi) is 10.1. The molecule has 0 aromatic heterocycles. The van der Waals surface area contributed by atoms with E-state index in [9.17, 15) is 4.79 Å². The smallest absolute Gasteiger partial charge is 0.223 e. The SMILES string of the molecule is O=C(NC1CCC=C(CCCOc2ccc(Cl)cc2)C1)C1CCC(=C2N=CCCC3=CCCCCN=C32)CC1. The van der Waals surface area contributed by atoms with Crippen molar-refractivity contribution in [2.45, 2.75) is 95.9 Å². The van der Waals surface area contributed by atoms with Crippen molar-refractivity contribution in [1.82, 2.24) is 5.32 Å². The highest BCUT2D eigenvalue weighted by Crippen LogP contribution is 2.34. The first kappa shape index (κ1) is 27.9. The summed E-state index contributed by atoms with van der Waals surface area (Å²) in [5, 5.41) is 4.12. The number of aliphatic imine (C=N–C) groups is 2. The minimum Gasteiger partial charge on any atom is -0.494 e. The van der Waals surface area contributed by atoms with Crippen LogP contribution in [-0.2, 0) is 4.79 Å². The Morgan fingerprint density at radius 3 is 2.69 bits per heavy atom. The zero-order valence-electron chi connectivity index (χ0n) is 23.1. The van der Waals surface area contributed by atoms with Gasteiger partial charge in [-0.2, -0.15) is 0 Å². The van der Waals surface area contributed by atoms with E-state index in [4.69, 9.17) is 26.3 Å². The van der Waals surface area contributed by atoms with Gasteiger partial charge in [0.25, 0.3) is 0 Å². The third-order valence-electron chi connectivity index (χ3n) is 8.39. The highest BCUT2D eigenvalue weighted by molar-refractivity contribution is 6.30. The van der Waals surface area contributed by atoms with Crippen LogP contribution in [-0.4, -0.2) is 37.0 Å². The Bertz CT molecular complexity index is 1150. The molecule has 1 aromatic carbocycles. The zero-order valence-corrected chi connectivity index (χ0v) is 23.9. The third kappa shape index (κ3) is 7.94. The lowest BCUT2D eigenvalue weighted by molar-refractivity contribution is -0.126. The van der Waals surface area contributed by atoms with E-state index >= 15 is 0 Å². The highest BCUT2D eigenvalue weighted by atomic mass is 35.5. The molecule has 1 atom stereocenters. The van der Waals surface area contributed by atoms with Crippen LogP contribution in [0.3, 0.4) is 0 Å². The number of ether oxygens (including phenoxy) is 1. The van der Waals surface area contributed by atoms with E-state index in [1.54, 1.807) is 0 Å². The predicted octanol–water partition coefficient (Wildman–Crippen LogP) is 7.95. The molecule has 5 rings (SSSR count). The second kappa shape index (κ2) is 14.1. The Labute approximate surface area is 238 Å². The fourth-order valence-corrected chi connectivity index (χ4v) is 6.31. The van der Waals surface area contributed by atoms with Gasteiger partial charge in [-0.3, -0.25) is 14.8 Å². The molecule has 4 aliphatic rings. The molecule has 2 aliphatic heterocycles. The molecular formula is C33H42ClN3O2. The molecule has 2 aliphatic carbocycles. The van der Waals surface area contributed by atoms with Crippen LogP contribution in [0.4, 0.5) is 0 Å². The molecule has 39 heavy (non-hydrogen) atoms. The molecule has 1 amide bonds. The van der Waals surface area contributed by atoms with Gasteiger partial charge in [0.05, 0.1) is 18.0 Å². The molecule has 0 spiro atoms. The lowest BCUT2D eigenvalue weighted by Gasteiger charge is -2.29. The molecule has 1 N–H and O–H groups in total. The first-order valence-electron chi connectivity index (χ1n) is 15.0. The Morgan fingerprint density at radius 1 is 1.00 bits per heavy atom. The summed E-state index contributed by atoms with van der Waals surface area (Å²) in [6.45, 7) is 1.58. The number of rotatable bonds is 7. The molecule has 6 heteroatoms. The fraction of sp³-hybridized carbons (Fsp3) is 0.545. The lowest BCUT2D eigenvalue weighted by Crippen LogP contribution is -2.40. The summed E-state index contributed by atoms with van der Waals surface area (Å²) < 4.78 is 5.84. The van der Waals surface area contributed by atoms with Crippen LogP contribution in [0.2, 0.25) is 5.02 Å². The number of nitrogens with one attached hydrogen (secondary N) is 1. The van der Waals surface area contributed by atoms with Crippen molar-refractivity contribution in [3.63, 3.8) is 0 Å². The molecule has 1 aromatic rings. The number of nitrogens with zero attached hydrogens (tertiary/aromatic N) is 2. The second-order valence-corrected chi connectivity index (χ2v) is 11.7. The van der Waals surface area contributed by atoms with Crippen LogP contribution in [0.25, 0.3) is 0 Å². The number of carbonyl (C=O) groups is 1. The maximum Gasteiger partial charge on any atom is 0.223 e. The van der Waals surface area contributed by atoms with Crippen molar-refractivity contribution in [2.24, 2.45) is 15.9 Å². The number of hydrogen-bond donors (Lipinski definition) is 1. The predicted molar refractivity (Wildman–Crippen MR) is 161 cm³/mol. The van der Waals surface area contributed by atoms with Crippen molar-refractivity contribution in [3.8, 4) is 5.75 Å². The molecule has 208 valence electrons. The standard InChI is InChI=1S/C33H42ClN3O2/c34-28-16-18-30(19-17-28)39-22-6-8-24-7-4-11-29(23-24)37-33(38)27-14-12-26(13-15-27)32-31-25(10-5-21-36-32)9-2-1-3-20-35-31/h7,9,16-19,21,27,29H,1-6,8,10-15,20,22-23H2,(H,37,38). The minimum atomic E-state index is 0.0977. The van der Waals surface area contributed by atoms with Gasteiger partial charge in [0, 0.05) is 29.7 Å². The van der Waals surface area contributed by atoms with Gasteiger partial charge in [-0.1, -0.05) is 29.3 Å². The van der Waals surface area contributed by atoms with Crippen molar-refractivity contribution >= 4 is 29.4 Å². The summed E-state index contributed by atoms with van der Waals surface area (Å²) in [7, 11) is 0. The Hall–Kier alpha value is -2.66. The quantitative estimate of drug-likeness (QED) is 0.278. The van der Waals surface area contributed by atoms with E-state index in [1.807, 2.05) is 24.3 Å². The highest BCUT2D eigenvalue weighted by Gasteiger charge is 2.29. The minimum absolute atomic E-state index is 0.0977. The van der Waals surface area contributed by atoms with Gasteiger partial charge < -0.3 is 10.1 Å². The van der Waals surface area contributed by atoms with Gasteiger partial charge in [0.2, 0.25) is 5.91 Å². The number of halogens is 1. The monoisotopic (exact) mass is 547 g/mol. The average Bonchev–Trinajstić information content (AvgIpc) is 3.14. The number of amides is 1. The van der Waals surface area contributed by atoms with Gasteiger partial charge in [0.15, 0.2) is 0 Å². The van der Waals surface area contributed by atoms with E-state index in [2.05, 4.69) is 23.7 Å². The summed E-state index contributed by atoms with van der Waals surface area (Å²) >= 11 is 5.94. The molecule has 0 radical (unpaired) electrons. The number of fused-ring (bicyclic) bond motifs is 1. The largest absolute Gasteiger partial charge is 0.494 e. The molecule has 2 heterocycles. The number of allylic oxidation sites excluding steroid dienone is 4. The first-order valence-corrected chi connectivity index (χ1v) is 15.4. The molecule has 1 unspecified atom stereocenters. The Morgan fingerprint density at radius 2 is 1.85 bits per heavy atom. The Balaban J connectivity index is 1.09. The maximum absolute atomic E-state index is 13.2. The molecule has 5 nitrogen and oxygen atoms in total. The summed E-state index contributed by atoms with van der Waals surface area (Å²) in [6, 6.07) is 7.76. The summed E-state index contributed by atoms with van der Waals surface area (Å²) in [5.41, 5.74) is 6.47. The summed E-state index contributed by atoms with van der Waals surface area (Å²) in [5.74, 6) is 1.19. The van der Waals surface area contributed by atoms with Crippen LogP contribution < -0.4 is 10.1 Å². The van der Waals surface area contributed by atoms with Crippen molar-refractivity contribution in [3.05, 3.63) is 63.9 Å². The fourth-order valence-electron chi connectivity index (χ4n) is 6.19. The van der Waals surface area contributed by atoms with E-state index in [1.165, 1.54) is 23.1 Å². The van der Waals surface area contributed by atoms with E-state index < -0.39 is 0 Å². The van der Waals surface area contributed by atoms with Crippen LogP contribution in [0.5, 0.6) is 5.75 Å². The van der Waals surface area contributed by atoms with E-state index in [-0.39, 0.29) is 17.9 Å². The van der Waals surface area contributed by atoms with Gasteiger partial charge in [-0.25, -0.2) is 0 Å². The van der Waals surface area contributed by atoms with E-state index in [0.717, 1.165) is 112 Å². The topological polar surface area (TPSA) is 63.0 Å². The van der Waals surface area contributed by atoms with Gasteiger partial charge >= 0.3 is 0 Å². The van der Waals surface area contributed by atoms with Gasteiger partial charge in [-0.15, -0.1) is 0 Å². The van der Waals surface area contributed by atoms with Gasteiger partial charge in [0.1, 0.15) is 5.75 Å². The average molecular weight is 548 g/mol. The third-order valence-corrected chi connectivity index (χ3v) is 8.64. The van der Waals surface area contributed by atoms with Gasteiger partial charge in [-0.05, 0) is 125 Å².